The molecule has 108 valence electrons. The average molecular weight is 282 g/mol. The second-order valence-electron chi connectivity index (χ2n) is 5.33. The predicted octanol–water partition coefficient (Wildman–Crippen LogP) is 3.07. The third-order valence-corrected chi connectivity index (χ3v) is 3.26. The number of pyridine rings is 1. The van der Waals surface area contributed by atoms with Gasteiger partial charge in [0.1, 0.15) is 5.75 Å². The molecule has 2 N–H and O–H groups in total. The Labute approximate surface area is 123 Å². The summed E-state index contributed by atoms with van der Waals surface area (Å²) < 4.78 is 7.62. The van der Waals surface area contributed by atoms with Gasteiger partial charge in [-0.3, -0.25) is 4.40 Å². The lowest BCUT2D eigenvalue weighted by molar-refractivity contribution is 0.244. The van der Waals surface area contributed by atoms with E-state index in [1.807, 2.05) is 61.7 Å². The third-order valence-electron chi connectivity index (χ3n) is 3.26. The number of fused-ring (bicyclic) bond motifs is 1. The van der Waals surface area contributed by atoms with Crippen LogP contribution in [0.4, 0.5) is 5.69 Å². The Morgan fingerprint density at radius 1 is 1.19 bits per heavy atom. The summed E-state index contributed by atoms with van der Waals surface area (Å²) in [4.78, 5) is 0. The zero-order valence-electron chi connectivity index (χ0n) is 12.4. The maximum atomic E-state index is 6.07. The molecule has 0 radical (unpaired) electrons. The maximum Gasteiger partial charge on any atom is 0.168 e. The molecule has 2 aromatic heterocycles. The minimum Gasteiger partial charge on any atom is -0.489 e. The molecule has 0 aliphatic carbocycles. The highest BCUT2D eigenvalue weighted by Crippen LogP contribution is 2.28. The van der Waals surface area contributed by atoms with Gasteiger partial charge in [0.15, 0.2) is 11.5 Å². The number of anilines is 1. The zero-order chi connectivity index (χ0) is 15.0. The molecular weight excluding hydrogens is 264 g/mol. The Hall–Kier alpha value is -2.56. The first kappa shape index (κ1) is 13.4. The van der Waals surface area contributed by atoms with E-state index in [0.717, 1.165) is 22.6 Å². The lowest BCUT2D eigenvalue weighted by Gasteiger charge is -2.12. The number of aromatic nitrogens is 3. The van der Waals surface area contributed by atoms with Crippen LogP contribution in [0.15, 0.2) is 36.5 Å². The van der Waals surface area contributed by atoms with Gasteiger partial charge >= 0.3 is 0 Å². The summed E-state index contributed by atoms with van der Waals surface area (Å²) in [5.41, 5.74) is 9.53. The molecule has 2 heterocycles. The van der Waals surface area contributed by atoms with Crippen molar-refractivity contribution in [2.45, 2.75) is 26.9 Å². The highest BCUT2D eigenvalue weighted by atomic mass is 16.5. The van der Waals surface area contributed by atoms with Crippen LogP contribution in [0.2, 0.25) is 0 Å². The molecule has 3 rings (SSSR count). The van der Waals surface area contributed by atoms with Crippen molar-refractivity contribution in [1.29, 1.82) is 0 Å². The number of nitrogen functional groups attached to an aromatic ring is 1. The van der Waals surface area contributed by atoms with Crippen molar-refractivity contribution >= 4 is 11.3 Å². The normalized spacial score (nSPS) is 11.2. The third kappa shape index (κ3) is 2.42. The quantitative estimate of drug-likeness (QED) is 0.750. The molecule has 3 aromatic rings. The van der Waals surface area contributed by atoms with Crippen molar-refractivity contribution in [3.8, 4) is 17.1 Å². The average Bonchev–Trinajstić information content (AvgIpc) is 2.86. The summed E-state index contributed by atoms with van der Waals surface area (Å²) in [5.74, 6) is 1.47. The SMILES string of the molecule is Cc1cccn2c(-c3ccc(OC(C)C)c(N)c3)nnc12. The standard InChI is InChI=1S/C16H18N4O/c1-10(2)21-14-7-6-12(9-13(14)17)16-19-18-15-11(3)5-4-8-20(15)16/h4-10H,17H2,1-3H3. The van der Waals surface area contributed by atoms with Crippen molar-refractivity contribution < 1.29 is 4.74 Å². The van der Waals surface area contributed by atoms with Crippen LogP contribution in [0.5, 0.6) is 5.75 Å². The van der Waals surface area contributed by atoms with E-state index in [9.17, 15) is 0 Å². The lowest BCUT2D eigenvalue weighted by atomic mass is 10.1. The van der Waals surface area contributed by atoms with Crippen LogP contribution in [-0.2, 0) is 0 Å². The number of rotatable bonds is 3. The number of benzene rings is 1. The van der Waals surface area contributed by atoms with Gasteiger partial charge < -0.3 is 10.5 Å². The molecule has 0 aliphatic heterocycles. The van der Waals surface area contributed by atoms with E-state index in [2.05, 4.69) is 10.2 Å². The van der Waals surface area contributed by atoms with Gasteiger partial charge in [-0.2, -0.15) is 0 Å². The monoisotopic (exact) mass is 282 g/mol. The van der Waals surface area contributed by atoms with Crippen LogP contribution in [-0.4, -0.2) is 20.7 Å². The molecular formula is C16H18N4O. The molecule has 0 aliphatic rings. The Morgan fingerprint density at radius 2 is 2.00 bits per heavy atom. The topological polar surface area (TPSA) is 65.4 Å². The molecule has 5 nitrogen and oxygen atoms in total. The van der Waals surface area contributed by atoms with Gasteiger partial charge in [-0.25, -0.2) is 0 Å². The van der Waals surface area contributed by atoms with Crippen LogP contribution in [0, 0.1) is 6.92 Å². The molecule has 21 heavy (non-hydrogen) atoms. The fraction of sp³-hybridized carbons (Fsp3) is 0.250. The lowest BCUT2D eigenvalue weighted by Crippen LogP contribution is -2.07. The minimum atomic E-state index is 0.0923. The number of nitrogens with two attached hydrogens (primary N) is 1. The van der Waals surface area contributed by atoms with Crippen LogP contribution >= 0.6 is 0 Å². The fourth-order valence-corrected chi connectivity index (χ4v) is 2.30. The van der Waals surface area contributed by atoms with Gasteiger partial charge in [0.05, 0.1) is 11.8 Å². The number of hydrogen-bond donors (Lipinski definition) is 1. The number of ether oxygens (including phenoxy) is 1. The first-order valence-electron chi connectivity index (χ1n) is 6.93. The van der Waals surface area contributed by atoms with Crippen molar-refractivity contribution in [2.24, 2.45) is 0 Å². The van der Waals surface area contributed by atoms with E-state index in [1.165, 1.54) is 0 Å². The Morgan fingerprint density at radius 3 is 2.71 bits per heavy atom. The van der Waals surface area contributed by atoms with E-state index in [4.69, 9.17) is 10.5 Å². The zero-order valence-corrected chi connectivity index (χ0v) is 12.4. The number of hydrogen-bond acceptors (Lipinski definition) is 4. The van der Waals surface area contributed by atoms with Crippen molar-refractivity contribution in [3.63, 3.8) is 0 Å². The highest BCUT2D eigenvalue weighted by Gasteiger charge is 2.11. The molecule has 0 atom stereocenters. The summed E-state index contributed by atoms with van der Waals surface area (Å²) in [6.45, 7) is 5.96. The van der Waals surface area contributed by atoms with Crippen molar-refractivity contribution in [2.75, 3.05) is 5.73 Å². The summed E-state index contributed by atoms with van der Waals surface area (Å²) in [6, 6.07) is 9.70. The molecule has 0 saturated heterocycles. The molecule has 0 saturated carbocycles. The summed E-state index contributed by atoms with van der Waals surface area (Å²) >= 11 is 0. The maximum absolute atomic E-state index is 6.07. The summed E-state index contributed by atoms with van der Waals surface area (Å²) in [5, 5.41) is 8.51. The van der Waals surface area contributed by atoms with E-state index in [-0.39, 0.29) is 6.10 Å². The molecule has 1 aromatic carbocycles. The number of aryl methyl sites for hydroxylation is 1. The van der Waals surface area contributed by atoms with Crippen LogP contribution in [0.3, 0.4) is 0 Å². The predicted molar refractivity (Wildman–Crippen MR) is 83.3 cm³/mol. The van der Waals surface area contributed by atoms with Gasteiger partial charge in [0.2, 0.25) is 0 Å². The van der Waals surface area contributed by atoms with Crippen LogP contribution in [0.1, 0.15) is 19.4 Å². The summed E-state index contributed by atoms with van der Waals surface area (Å²) in [7, 11) is 0. The first-order valence-corrected chi connectivity index (χ1v) is 6.93. The molecule has 5 heteroatoms. The molecule has 0 fully saturated rings. The largest absolute Gasteiger partial charge is 0.489 e. The summed E-state index contributed by atoms with van der Waals surface area (Å²) in [6.07, 6.45) is 2.04. The van der Waals surface area contributed by atoms with Crippen molar-refractivity contribution in [1.82, 2.24) is 14.6 Å². The second kappa shape index (κ2) is 5.09. The smallest absolute Gasteiger partial charge is 0.168 e. The van der Waals surface area contributed by atoms with Crippen LogP contribution < -0.4 is 10.5 Å². The Balaban J connectivity index is 2.07. The highest BCUT2D eigenvalue weighted by molar-refractivity contribution is 5.68. The first-order chi connectivity index (χ1) is 10.1. The van der Waals surface area contributed by atoms with Gasteiger partial charge in [-0.1, -0.05) is 6.07 Å². The van der Waals surface area contributed by atoms with E-state index in [1.54, 1.807) is 0 Å². The van der Waals surface area contributed by atoms with E-state index < -0.39 is 0 Å². The minimum absolute atomic E-state index is 0.0923. The molecule has 0 unspecified atom stereocenters. The van der Waals surface area contributed by atoms with Crippen molar-refractivity contribution in [3.05, 3.63) is 42.1 Å². The molecule has 0 spiro atoms. The second-order valence-corrected chi connectivity index (χ2v) is 5.33. The Bertz CT molecular complexity index is 792. The van der Waals surface area contributed by atoms with Gasteiger partial charge in [0.25, 0.3) is 0 Å². The van der Waals surface area contributed by atoms with Gasteiger partial charge in [0, 0.05) is 11.8 Å². The molecule has 0 amide bonds. The van der Waals surface area contributed by atoms with E-state index >= 15 is 0 Å². The van der Waals surface area contributed by atoms with E-state index in [0.29, 0.717) is 11.4 Å². The molecule has 0 bridgehead atoms. The number of nitrogens with zero attached hydrogens (tertiary/aromatic N) is 3. The Kier molecular flexibility index (Phi) is 3.25. The fourth-order valence-electron chi connectivity index (χ4n) is 2.30. The van der Waals surface area contributed by atoms with Gasteiger partial charge in [-0.05, 0) is 50.6 Å². The van der Waals surface area contributed by atoms with Gasteiger partial charge in [-0.15, -0.1) is 10.2 Å². The van der Waals surface area contributed by atoms with Crippen LogP contribution in [0.25, 0.3) is 17.0 Å².